The van der Waals surface area contributed by atoms with Gasteiger partial charge in [0.05, 0.1) is 11.5 Å². The molecule has 0 aromatic heterocycles. The number of unbranched alkanes of at least 4 members (excludes halogenated alkanes) is 10. The van der Waals surface area contributed by atoms with Gasteiger partial charge in [-0.05, 0) is 38.8 Å². The summed E-state index contributed by atoms with van der Waals surface area (Å²) in [5.74, 6) is 0.744. The SMILES string of the molecule is NCCCCCCCCS(=O)(=O)CCCCCCCCN. The Labute approximate surface area is 132 Å². The lowest BCUT2D eigenvalue weighted by Gasteiger charge is -2.05. The maximum Gasteiger partial charge on any atom is 0.150 e. The van der Waals surface area contributed by atoms with Crippen LogP contribution in [0.4, 0.5) is 0 Å². The monoisotopic (exact) mass is 320 g/mol. The highest BCUT2D eigenvalue weighted by molar-refractivity contribution is 7.91. The molecule has 0 rings (SSSR count). The molecule has 0 aliphatic rings. The van der Waals surface area contributed by atoms with Gasteiger partial charge in [-0.15, -0.1) is 0 Å². The molecule has 0 saturated heterocycles. The van der Waals surface area contributed by atoms with E-state index in [1.807, 2.05) is 0 Å². The summed E-state index contributed by atoms with van der Waals surface area (Å²) >= 11 is 0. The van der Waals surface area contributed by atoms with Crippen LogP contribution in [0.15, 0.2) is 0 Å². The van der Waals surface area contributed by atoms with E-state index in [0.29, 0.717) is 11.5 Å². The average molecular weight is 321 g/mol. The third-order valence-electron chi connectivity index (χ3n) is 3.82. The van der Waals surface area contributed by atoms with Gasteiger partial charge in [-0.1, -0.05) is 51.4 Å². The van der Waals surface area contributed by atoms with E-state index in [-0.39, 0.29) is 0 Å². The van der Waals surface area contributed by atoms with Crippen LogP contribution in [0.3, 0.4) is 0 Å². The minimum Gasteiger partial charge on any atom is -0.330 e. The first-order valence-corrected chi connectivity index (χ1v) is 10.5. The molecule has 4 nitrogen and oxygen atoms in total. The Bertz CT molecular complexity index is 281. The number of hydrogen-bond donors (Lipinski definition) is 2. The van der Waals surface area contributed by atoms with Gasteiger partial charge in [-0.3, -0.25) is 0 Å². The molecule has 21 heavy (non-hydrogen) atoms. The third-order valence-corrected chi connectivity index (χ3v) is 5.64. The molecule has 0 aliphatic carbocycles. The molecule has 0 aromatic rings. The molecule has 0 saturated carbocycles. The van der Waals surface area contributed by atoms with Gasteiger partial charge in [-0.2, -0.15) is 0 Å². The summed E-state index contributed by atoms with van der Waals surface area (Å²) in [4.78, 5) is 0. The molecule has 0 heterocycles. The standard InChI is InChI=1S/C16H36N2O2S/c17-13-9-5-1-3-7-11-15-21(19,20)16-12-8-4-2-6-10-14-18/h1-18H2. The van der Waals surface area contributed by atoms with Crippen LogP contribution in [-0.2, 0) is 9.84 Å². The number of hydrogen-bond acceptors (Lipinski definition) is 4. The zero-order chi connectivity index (χ0) is 15.8. The summed E-state index contributed by atoms with van der Waals surface area (Å²) < 4.78 is 23.7. The molecule has 0 unspecified atom stereocenters. The molecule has 0 aliphatic heterocycles. The van der Waals surface area contributed by atoms with E-state index in [2.05, 4.69) is 0 Å². The first kappa shape index (κ1) is 20.9. The fourth-order valence-corrected chi connectivity index (χ4v) is 3.94. The van der Waals surface area contributed by atoms with E-state index >= 15 is 0 Å². The zero-order valence-corrected chi connectivity index (χ0v) is 14.5. The topological polar surface area (TPSA) is 86.2 Å². The smallest absolute Gasteiger partial charge is 0.150 e. The lowest BCUT2D eigenvalue weighted by molar-refractivity contribution is 0.572. The second-order valence-electron chi connectivity index (χ2n) is 5.97. The predicted molar refractivity (Wildman–Crippen MR) is 92.2 cm³/mol. The molecule has 0 spiro atoms. The van der Waals surface area contributed by atoms with Crippen LogP contribution in [0.25, 0.3) is 0 Å². The Morgan fingerprint density at radius 1 is 0.476 bits per heavy atom. The van der Waals surface area contributed by atoms with Crippen LogP contribution in [0.2, 0.25) is 0 Å². The molecule has 4 N–H and O–H groups in total. The molecular formula is C16H36N2O2S. The first-order chi connectivity index (χ1) is 10.1. The molecular weight excluding hydrogens is 284 g/mol. The van der Waals surface area contributed by atoms with E-state index in [4.69, 9.17) is 11.5 Å². The summed E-state index contributed by atoms with van der Waals surface area (Å²) in [7, 11) is -2.82. The normalized spacial score (nSPS) is 11.9. The van der Waals surface area contributed by atoms with E-state index in [9.17, 15) is 8.42 Å². The van der Waals surface area contributed by atoms with E-state index in [1.165, 1.54) is 25.7 Å². The van der Waals surface area contributed by atoms with Crippen molar-refractivity contribution in [1.29, 1.82) is 0 Å². The van der Waals surface area contributed by atoms with Crippen molar-refractivity contribution in [2.45, 2.75) is 77.0 Å². The highest BCUT2D eigenvalue weighted by Gasteiger charge is 2.09. The number of nitrogens with two attached hydrogens (primary N) is 2. The Balaban J connectivity index is 3.39. The maximum atomic E-state index is 11.9. The van der Waals surface area contributed by atoms with Crippen LogP contribution >= 0.6 is 0 Å². The van der Waals surface area contributed by atoms with Gasteiger partial charge < -0.3 is 11.5 Å². The van der Waals surface area contributed by atoms with Crippen molar-refractivity contribution in [1.82, 2.24) is 0 Å². The maximum absolute atomic E-state index is 11.9. The van der Waals surface area contributed by atoms with Crippen molar-refractivity contribution in [2.75, 3.05) is 24.6 Å². The van der Waals surface area contributed by atoms with Crippen LogP contribution < -0.4 is 11.5 Å². The molecule has 0 atom stereocenters. The summed E-state index contributed by atoms with van der Waals surface area (Å²) in [6.45, 7) is 1.53. The van der Waals surface area contributed by atoms with Crippen molar-refractivity contribution >= 4 is 9.84 Å². The Morgan fingerprint density at radius 3 is 1.10 bits per heavy atom. The molecule has 5 heteroatoms. The lowest BCUT2D eigenvalue weighted by atomic mass is 10.1. The second kappa shape index (κ2) is 14.8. The van der Waals surface area contributed by atoms with Crippen molar-refractivity contribution < 1.29 is 8.42 Å². The Morgan fingerprint density at radius 2 is 0.762 bits per heavy atom. The van der Waals surface area contributed by atoms with Gasteiger partial charge >= 0.3 is 0 Å². The summed E-state index contributed by atoms with van der Waals surface area (Å²) in [5, 5.41) is 0. The van der Waals surface area contributed by atoms with Gasteiger partial charge in [0.1, 0.15) is 9.84 Å². The molecule has 128 valence electrons. The number of sulfone groups is 1. The molecule has 0 aromatic carbocycles. The van der Waals surface area contributed by atoms with Crippen molar-refractivity contribution in [3.8, 4) is 0 Å². The van der Waals surface area contributed by atoms with Gasteiger partial charge in [0, 0.05) is 0 Å². The number of rotatable bonds is 16. The van der Waals surface area contributed by atoms with Crippen molar-refractivity contribution in [3.63, 3.8) is 0 Å². The largest absolute Gasteiger partial charge is 0.330 e. The molecule has 0 radical (unpaired) electrons. The molecule has 0 amide bonds. The molecule has 0 bridgehead atoms. The fourth-order valence-electron chi connectivity index (χ4n) is 2.45. The van der Waals surface area contributed by atoms with Crippen LogP contribution in [0.5, 0.6) is 0 Å². The highest BCUT2D eigenvalue weighted by atomic mass is 32.2. The summed E-state index contributed by atoms with van der Waals surface area (Å²) in [5.41, 5.74) is 10.9. The Kier molecular flexibility index (Phi) is 14.7. The van der Waals surface area contributed by atoms with Crippen molar-refractivity contribution in [3.05, 3.63) is 0 Å². The molecule has 0 fully saturated rings. The van der Waals surface area contributed by atoms with Crippen LogP contribution in [0.1, 0.15) is 77.0 Å². The first-order valence-electron chi connectivity index (χ1n) is 8.73. The minimum absolute atomic E-state index is 0.372. The predicted octanol–water partition coefficient (Wildman–Crippen LogP) is 3.00. The second-order valence-corrected chi connectivity index (χ2v) is 8.28. The Hall–Kier alpha value is -0.130. The summed E-state index contributed by atoms with van der Waals surface area (Å²) in [6.07, 6.45) is 12.9. The third kappa shape index (κ3) is 16.1. The van der Waals surface area contributed by atoms with Crippen LogP contribution in [0, 0.1) is 0 Å². The van der Waals surface area contributed by atoms with Crippen LogP contribution in [-0.4, -0.2) is 33.0 Å². The quantitative estimate of drug-likeness (QED) is 0.428. The van der Waals surface area contributed by atoms with E-state index in [0.717, 1.165) is 64.5 Å². The van der Waals surface area contributed by atoms with Crippen molar-refractivity contribution in [2.24, 2.45) is 11.5 Å². The van der Waals surface area contributed by atoms with Gasteiger partial charge in [0.25, 0.3) is 0 Å². The summed E-state index contributed by atoms with van der Waals surface area (Å²) in [6, 6.07) is 0. The lowest BCUT2D eigenvalue weighted by Crippen LogP contribution is -2.11. The van der Waals surface area contributed by atoms with Gasteiger partial charge in [0.2, 0.25) is 0 Å². The van der Waals surface area contributed by atoms with Gasteiger partial charge in [-0.25, -0.2) is 8.42 Å². The van der Waals surface area contributed by atoms with E-state index < -0.39 is 9.84 Å². The van der Waals surface area contributed by atoms with Gasteiger partial charge in [0.15, 0.2) is 0 Å². The zero-order valence-electron chi connectivity index (χ0n) is 13.7. The fraction of sp³-hybridized carbons (Fsp3) is 1.00. The average Bonchev–Trinajstić information content (AvgIpc) is 2.45. The van der Waals surface area contributed by atoms with E-state index in [1.54, 1.807) is 0 Å². The minimum atomic E-state index is -2.82. The highest BCUT2D eigenvalue weighted by Crippen LogP contribution is 2.09.